The van der Waals surface area contributed by atoms with Crippen molar-refractivity contribution in [3.05, 3.63) is 328 Å². The van der Waals surface area contributed by atoms with Crippen LogP contribution in [0, 0.1) is 0 Å². The van der Waals surface area contributed by atoms with Gasteiger partial charge in [-0.3, -0.25) is 0 Å². The zero-order valence-corrected chi connectivity index (χ0v) is 55.6. The lowest BCUT2D eigenvalue weighted by Crippen LogP contribution is -2.16. The quantitative estimate of drug-likeness (QED) is 0.0280. The van der Waals surface area contributed by atoms with Crippen molar-refractivity contribution in [3.8, 4) is 28.7 Å². The first-order valence-electron chi connectivity index (χ1n) is 56.5. The van der Waals surface area contributed by atoms with Gasteiger partial charge in [-0.1, -0.05) is 152 Å². The second-order valence-corrected chi connectivity index (χ2v) is 20.3. The molecule has 0 saturated heterocycles. The van der Waals surface area contributed by atoms with Gasteiger partial charge in [-0.2, -0.15) is 65.9 Å². The standard InChI is InChI=1S/5C17H18F3NO/c5*1-21-12-11-16(13-5-3-2-4-6-13)22-15-9-7-14(8-10-15)17(18,19)20/h5*2-10,16,21H,11-12H2,1H3/i1D3,2D,3D,4D,5D,6D,7D,8D,9D,10D;1D3,7D,8D,9D,10D,11D2,12D2,16D;1D3,7D,8D,9D,10D,12D2,16D;1D3,7D,8D,9D,10D,11D2,16D;1D3,7D,8D,9D,10D,16D. The zero-order valence-electron chi connectivity index (χ0n) is 108. The van der Waals surface area contributed by atoms with Crippen LogP contribution in [-0.2, 0) is 30.9 Å². The molecule has 0 aliphatic carbocycles. The maximum atomic E-state index is 13.3. The fraction of sp³-hybridized carbons (Fsp3) is 0.294. The summed E-state index contributed by atoms with van der Waals surface area (Å²) in [4.78, 5) is 0. The fourth-order valence-electron chi connectivity index (χ4n) is 7.70. The van der Waals surface area contributed by atoms with E-state index in [4.69, 9.17) is 95.0 Å². The highest BCUT2D eigenvalue weighted by atomic mass is 19.4. The number of benzene rings is 10. The van der Waals surface area contributed by atoms with Crippen LogP contribution < -0.4 is 50.3 Å². The van der Waals surface area contributed by atoms with E-state index in [9.17, 15) is 65.9 Å². The molecule has 10 nitrogen and oxygen atoms in total. The van der Waals surface area contributed by atoms with E-state index < -0.39 is 360 Å². The molecule has 0 aliphatic heterocycles. The van der Waals surface area contributed by atoms with Gasteiger partial charge in [-0.15, -0.1) is 0 Å². The number of hydrogen-bond donors (Lipinski definition) is 5. The van der Waals surface area contributed by atoms with E-state index in [1.807, 2.05) is 5.32 Å². The van der Waals surface area contributed by atoms with E-state index in [2.05, 4.69) is 10.6 Å². The molecule has 590 valence electrons. The highest BCUT2D eigenvalue weighted by Crippen LogP contribution is 2.38. The Kier molecular flexibility index (Phi) is 16.3. The van der Waals surface area contributed by atoms with Crippen molar-refractivity contribution in [1.29, 1.82) is 0 Å². The molecule has 0 saturated carbocycles. The average molecular weight is 1600 g/mol. The van der Waals surface area contributed by atoms with Crippen molar-refractivity contribution in [2.75, 3.05) is 67.5 Å². The molecule has 0 radical (unpaired) electrons. The molecule has 0 heterocycles. The van der Waals surface area contributed by atoms with Crippen LogP contribution >= 0.6 is 0 Å². The van der Waals surface area contributed by atoms with Gasteiger partial charge in [-0.25, -0.2) is 0 Å². The number of halogens is 15. The SMILES string of the molecule is [2H]c1c([2H])c(C(F)(F)F)c([2H])c([2H])c1OC([2H])(CC([2H])([2H])NC([2H])([2H])[2H])c1ccccc1.[2H]c1c([2H])c(C(F)(F)F)c([2H])c([2H])c1OC([2H])(CCNC([2H])([2H])[2H])c1ccccc1.[2H]c1c([2H])c(C(F)(F)F)c([2H])c([2H])c1OC([2H])(c1ccccc1)C([2H])([2H])C([2H])([2H])NC([2H])([2H])[2H].[2H]c1c([2H])c(C(F)(F)F)c([2H])c([2H])c1OC([2H])(c1ccccc1)C([2H])([2H])CNC([2H])([2H])[2H].[2H]c1c([2H])c([2H])c(C(CCNC([2H])([2H])[2H])Oc2c([2H])c([2H])c(C(F)(F)F)c([2H])c2[2H])c([2H])c1[2H]. The van der Waals surface area contributed by atoms with Gasteiger partial charge in [0.15, 0.2) is 0 Å². The highest BCUT2D eigenvalue weighted by molar-refractivity contribution is 5.35. The summed E-state index contributed by atoms with van der Waals surface area (Å²) >= 11 is 0. The zero-order chi connectivity index (χ0) is 125. The van der Waals surface area contributed by atoms with Crippen molar-refractivity contribution in [3.63, 3.8) is 0 Å². The second-order valence-electron chi connectivity index (χ2n) is 20.3. The summed E-state index contributed by atoms with van der Waals surface area (Å²) in [7, 11) is 0. The average Bonchev–Trinajstić information content (AvgIpc) is 0.716. The summed E-state index contributed by atoms with van der Waals surface area (Å²) in [6, 6.07) is -2.87. The van der Waals surface area contributed by atoms with Gasteiger partial charge in [0.1, 0.15) is 59.2 Å². The number of alkyl halides is 15. The molecular formula is C85H90F15N5O5. The third-order valence-corrected chi connectivity index (χ3v) is 12.6. The maximum absolute atomic E-state index is 13.3. The Morgan fingerprint density at radius 1 is 0.291 bits per heavy atom. The Bertz CT molecular complexity index is 6730. The number of hydrogen-bond acceptors (Lipinski definition) is 10. The third kappa shape index (κ3) is 31.9. The number of rotatable bonds is 30. The molecule has 0 fully saturated rings. The lowest BCUT2D eigenvalue weighted by molar-refractivity contribution is -0.138. The van der Waals surface area contributed by atoms with Gasteiger partial charge < -0.3 is 50.3 Å². The van der Waals surface area contributed by atoms with E-state index in [-0.39, 0.29) is 36.2 Å². The Balaban J connectivity index is 0.000000308. The third-order valence-electron chi connectivity index (χ3n) is 12.6. The van der Waals surface area contributed by atoms with Crippen LogP contribution in [-0.4, -0.2) is 67.5 Å². The van der Waals surface area contributed by atoms with Gasteiger partial charge in [-0.05, 0) is 216 Å². The van der Waals surface area contributed by atoms with E-state index >= 15 is 0 Å². The van der Waals surface area contributed by atoms with E-state index in [1.165, 1.54) is 90.2 Å². The minimum absolute atomic E-state index is 0.0621. The van der Waals surface area contributed by atoms with E-state index in [0.717, 1.165) is 12.1 Å². The van der Waals surface area contributed by atoms with Gasteiger partial charge in [0, 0.05) is 63.5 Å². The first kappa shape index (κ1) is 39.7. The first-order chi connectivity index (χ1) is 73.0. The molecule has 5 unspecified atom stereocenters. The summed E-state index contributed by atoms with van der Waals surface area (Å²) in [5.74, 6) is -5.11. The number of ether oxygens (including phenoxy) is 5. The van der Waals surface area contributed by atoms with Crippen molar-refractivity contribution >= 4 is 0 Å². The molecule has 5 atom stereocenters. The molecule has 0 bridgehead atoms. The molecule has 10 rings (SSSR count). The fourth-order valence-corrected chi connectivity index (χ4v) is 7.70. The molecule has 5 N–H and O–H groups in total. The van der Waals surface area contributed by atoms with Crippen LogP contribution in [0.1, 0.15) is 189 Å². The second kappa shape index (κ2) is 45.2. The van der Waals surface area contributed by atoms with Gasteiger partial charge in [0.05, 0.1) is 67.6 Å². The lowest BCUT2D eigenvalue weighted by atomic mass is 10.1. The topological polar surface area (TPSA) is 106 Å². The van der Waals surface area contributed by atoms with Crippen LogP contribution in [0.3, 0.4) is 0 Å². The Labute approximate surface area is 705 Å². The molecule has 0 aliphatic rings. The Morgan fingerprint density at radius 3 is 0.891 bits per heavy atom. The highest BCUT2D eigenvalue weighted by Gasteiger charge is 2.34. The maximum Gasteiger partial charge on any atom is 0.416 e. The summed E-state index contributed by atoms with van der Waals surface area (Å²) in [5, 5.41) is 9.35. The van der Waals surface area contributed by atoms with Crippen LogP contribution in [0.5, 0.6) is 28.7 Å². The van der Waals surface area contributed by atoms with Crippen LogP contribution in [0.2, 0.25) is 0 Å². The number of nitrogens with one attached hydrogen (secondary N) is 5. The van der Waals surface area contributed by atoms with Crippen molar-refractivity contribution < 1.29 is 161 Å². The summed E-state index contributed by atoms with van der Waals surface area (Å²) in [6.45, 7) is -22.0. The first-order valence-corrected chi connectivity index (χ1v) is 30.5. The Morgan fingerprint density at radius 2 is 0.564 bits per heavy atom. The Hall–Kier alpha value is -10.1. The van der Waals surface area contributed by atoms with Gasteiger partial charge in [0.25, 0.3) is 0 Å². The molecule has 0 amide bonds. The van der Waals surface area contributed by atoms with Crippen LogP contribution in [0.25, 0.3) is 0 Å². The monoisotopic (exact) mass is 1600 g/mol. The molecule has 10 aromatic rings. The molecule has 110 heavy (non-hydrogen) atoms. The van der Waals surface area contributed by atoms with Crippen molar-refractivity contribution in [1.82, 2.24) is 26.6 Å². The summed E-state index contributed by atoms with van der Waals surface area (Å²) in [5.41, 5.74) is -10.1. The van der Waals surface area contributed by atoms with Crippen molar-refractivity contribution in [2.24, 2.45) is 0 Å². The molecule has 0 aromatic heterocycles. The smallest absolute Gasteiger partial charge is 0.416 e. The predicted octanol–water partition coefficient (Wildman–Crippen LogP) is 22.2. The van der Waals surface area contributed by atoms with E-state index in [1.54, 1.807) is 29.6 Å². The molecule has 0 spiro atoms. The van der Waals surface area contributed by atoms with Gasteiger partial charge >= 0.3 is 30.9 Å². The normalized spacial score (nSPS) is 22.0. The summed E-state index contributed by atoms with van der Waals surface area (Å²) < 4.78 is 627. The van der Waals surface area contributed by atoms with Crippen LogP contribution in [0.15, 0.2) is 272 Å². The van der Waals surface area contributed by atoms with Crippen LogP contribution in [0.4, 0.5) is 65.9 Å². The minimum Gasteiger partial charge on any atom is -0.486 e. The summed E-state index contributed by atoms with van der Waals surface area (Å²) in [6.07, 6.45) is -46.6. The molecule has 10 aromatic carbocycles. The predicted molar refractivity (Wildman–Crippen MR) is 399 cm³/mol. The van der Waals surface area contributed by atoms with Gasteiger partial charge in [0.2, 0.25) is 0 Å². The largest absolute Gasteiger partial charge is 0.486 e. The van der Waals surface area contributed by atoms with Crippen molar-refractivity contribution in [2.45, 2.75) is 93.3 Å². The minimum atomic E-state index is -5.27. The van der Waals surface area contributed by atoms with E-state index in [0.29, 0.717) is 0 Å². The molecule has 25 heteroatoms. The molecular weight excluding hydrogens is 1460 g/mol. The lowest BCUT2D eigenvalue weighted by Gasteiger charge is -2.20.